The van der Waals surface area contributed by atoms with Gasteiger partial charge >= 0.3 is 173 Å². The van der Waals surface area contributed by atoms with Crippen LogP contribution in [0.3, 0.4) is 0 Å². The fourth-order valence-corrected chi connectivity index (χ4v) is 7.07. The molecular weight excluding hydrogens is 423 g/mol. The monoisotopic (exact) mass is 432 g/mol. The van der Waals surface area contributed by atoms with Crippen LogP contribution in [0.1, 0.15) is 22.3 Å². The molecule has 1 aromatic heterocycles. The van der Waals surface area contributed by atoms with Crippen LogP contribution in [0.15, 0.2) is 59.7 Å². The Bertz CT molecular complexity index is 1340. The van der Waals surface area contributed by atoms with Crippen LogP contribution < -0.4 is 0 Å². The molecule has 29 heavy (non-hydrogen) atoms. The van der Waals surface area contributed by atoms with Crippen molar-refractivity contribution < 1.29 is 0 Å². The summed E-state index contributed by atoms with van der Waals surface area (Å²) in [5.41, 5.74) is 6.83. The summed E-state index contributed by atoms with van der Waals surface area (Å²) in [6.45, 7) is 0. The number of allylic oxidation sites excluding steroid dienone is 2. The van der Waals surface area contributed by atoms with Crippen LogP contribution in [-0.2, 0) is 0 Å². The Kier molecular flexibility index (Phi) is 3.64. The van der Waals surface area contributed by atoms with Gasteiger partial charge < -0.3 is 0 Å². The van der Waals surface area contributed by atoms with Gasteiger partial charge in [0.2, 0.25) is 0 Å². The van der Waals surface area contributed by atoms with Crippen LogP contribution in [0.5, 0.6) is 0 Å². The van der Waals surface area contributed by atoms with Gasteiger partial charge in [-0.05, 0) is 0 Å². The molecule has 0 atom stereocenters. The van der Waals surface area contributed by atoms with Crippen molar-refractivity contribution in [3.05, 3.63) is 81.9 Å². The Labute approximate surface area is 172 Å². The number of nitriles is 4. The molecular formula is C24H8N4Se. The summed E-state index contributed by atoms with van der Waals surface area (Å²) in [6.07, 6.45) is 0. The second kappa shape index (κ2) is 6.21. The van der Waals surface area contributed by atoms with E-state index in [1.165, 1.54) is 0 Å². The minimum absolute atomic E-state index is 0.0535. The molecule has 2 aliphatic rings. The topological polar surface area (TPSA) is 95.2 Å². The van der Waals surface area contributed by atoms with Crippen LogP contribution in [-0.4, -0.2) is 14.5 Å². The first-order valence-corrected chi connectivity index (χ1v) is 10.4. The van der Waals surface area contributed by atoms with Crippen molar-refractivity contribution in [1.29, 1.82) is 21.0 Å². The normalized spacial score (nSPS) is 11.9. The van der Waals surface area contributed by atoms with Gasteiger partial charge in [-0.2, -0.15) is 0 Å². The number of benzene rings is 2. The Balaban J connectivity index is 2.00. The predicted molar refractivity (Wildman–Crippen MR) is 109 cm³/mol. The van der Waals surface area contributed by atoms with Crippen LogP contribution >= 0.6 is 0 Å². The van der Waals surface area contributed by atoms with Gasteiger partial charge in [0.15, 0.2) is 0 Å². The Morgan fingerprint density at radius 3 is 1.24 bits per heavy atom. The van der Waals surface area contributed by atoms with Gasteiger partial charge in [0.25, 0.3) is 0 Å². The van der Waals surface area contributed by atoms with Crippen molar-refractivity contribution in [2.45, 2.75) is 0 Å². The third kappa shape index (κ3) is 2.09. The van der Waals surface area contributed by atoms with Crippen molar-refractivity contribution in [2.75, 3.05) is 0 Å². The molecule has 0 bridgehead atoms. The predicted octanol–water partition coefficient (Wildman–Crippen LogP) is 4.40. The Morgan fingerprint density at radius 2 is 0.897 bits per heavy atom. The van der Waals surface area contributed by atoms with Gasteiger partial charge in [0.05, 0.1) is 0 Å². The summed E-state index contributed by atoms with van der Waals surface area (Å²) in [5, 5.41) is 38.5. The van der Waals surface area contributed by atoms with Crippen LogP contribution in [0.25, 0.3) is 31.1 Å². The van der Waals surface area contributed by atoms with E-state index >= 15 is 0 Å². The first-order valence-electron chi connectivity index (χ1n) is 8.71. The molecule has 1 heterocycles. The molecule has 0 saturated heterocycles. The second-order valence-electron chi connectivity index (χ2n) is 6.55. The fourth-order valence-electron chi connectivity index (χ4n) is 4.15. The van der Waals surface area contributed by atoms with E-state index in [9.17, 15) is 21.0 Å². The zero-order valence-electron chi connectivity index (χ0n) is 14.8. The molecule has 5 heteroatoms. The third-order valence-electron chi connectivity index (χ3n) is 5.24. The zero-order chi connectivity index (χ0) is 20.1. The van der Waals surface area contributed by atoms with E-state index in [-0.39, 0.29) is 25.6 Å². The van der Waals surface area contributed by atoms with E-state index in [1.807, 2.05) is 72.8 Å². The first-order chi connectivity index (χ1) is 14.2. The molecule has 4 nitrogen and oxygen atoms in total. The molecule has 130 valence electrons. The van der Waals surface area contributed by atoms with Crippen LogP contribution in [0.2, 0.25) is 0 Å². The van der Waals surface area contributed by atoms with Gasteiger partial charge in [0, 0.05) is 0 Å². The third-order valence-corrected chi connectivity index (χ3v) is 7.87. The van der Waals surface area contributed by atoms with E-state index in [2.05, 4.69) is 0 Å². The van der Waals surface area contributed by atoms with E-state index < -0.39 is 0 Å². The van der Waals surface area contributed by atoms with E-state index in [1.54, 1.807) is 0 Å². The maximum absolute atomic E-state index is 9.63. The fraction of sp³-hybridized carbons (Fsp3) is 0. The van der Waals surface area contributed by atoms with Crippen molar-refractivity contribution in [3.8, 4) is 44.3 Å². The van der Waals surface area contributed by atoms with E-state index in [4.69, 9.17) is 0 Å². The number of fused-ring (bicyclic) bond motifs is 7. The zero-order valence-corrected chi connectivity index (χ0v) is 16.5. The molecule has 2 aliphatic carbocycles. The summed E-state index contributed by atoms with van der Waals surface area (Å²) in [4.78, 5) is 0. The molecule has 0 N–H and O–H groups in total. The SMILES string of the molecule is N#CC(C#N)=C1c2ccccc2-c2[se]c3c(c21)C(=C(C#N)C#N)c1ccccc1-3. The summed E-state index contributed by atoms with van der Waals surface area (Å²) < 4.78 is 2.22. The Hall–Kier alpha value is -4.12. The van der Waals surface area contributed by atoms with Gasteiger partial charge in [-0.3, -0.25) is 0 Å². The number of hydrogen-bond acceptors (Lipinski definition) is 4. The molecule has 5 rings (SSSR count). The van der Waals surface area contributed by atoms with Gasteiger partial charge in [-0.1, -0.05) is 0 Å². The van der Waals surface area contributed by atoms with Crippen molar-refractivity contribution in [3.63, 3.8) is 0 Å². The molecule has 0 spiro atoms. The molecule has 0 saturated carbocycles. The van der Waals surface area contributed by atoms with Crippen LogP contribution in [0, 0.1) is 45.3 Å². The van der Waals surface area contributed by atoms with Gasteiger partial charge in [-0.25, -0.2) is 0 Å². The van der Waals surface area contributed by atoms with Crippen molar-refractivity contribution in [2.24, 2.45) is 0 Å². The molecule has 3 aromatic rings. The molecule has 0 amide bonds. The summed E-state index contributed by atoms with van der Waals surface area (Å²) in [6, 6.07) is 23.7. The summed E-state index contributed by atoms with van der Waals surface area (Å²) in [5.74, 6) is 0. The molecule has 0 unspecified atom stereocenters. The number of rotatable bonds is 0. The molecule has 0 radical (unpaired) electrons. The average Bonchev–Trinajstić information content (AvgIpc) is 3.38. The van der Waals surface area contributed by atoms with Crippen molar-refractivity contribution >= 4 is 25.6 Å². The number of nitrogens with zero attached hydrogens (tertiary/aromatic N) is 4. The Morgan fingerprint density at radius 1 is 0.552 bits per heavy atom. The minimum atomic E-state index is -0.0631. The second-order valence-corrected chi connectivity index (χ2v) is 8.69. The van der Waals surface area contributed by atoms with Crippen LogP contribution in [0.4, 0.5) is 0 Å². The quantitative estimate of drug-likeness (QED) is 0.268. The maximum atomic E-state index is 9.63. The van der Waals surface area contributed by atoms with E-state index in [0.717, 1.165) is 42.3 Å². The number of hydrogen-bond donors (Lipinski definition) is 0. The summed E-state index contributed by atoms with van der Waals surface area (Å²) >= 11 is -0.0631. The first kappa shape index (κ1) is 17.0. The molecule has 2 aromatic carbocycles. The van der Waals surface area contributed by atoms with Gasteiger partial charge in [0.1, 0.15) is 0 Å². The molecule has 0 aliphatic heterocycles. The summed E-state index contributed by atoms with van der Waals surface area (Å²) in [7, 11) is 0. The van der Waals surface area contributed by atoms with Crippen molar-refractivity contribution in [1.82, 2.24) is 0 Å². The molecule has 0 fully saturated rings. The van der Waals surface area contributed by atoms with E-state index in [0.29, 0.717) is 11.1 Å². The standard InChI is InChI=1S/C24H8N4Se/c25-9-13(10-26)19-15-5-1-3-7-17(15)23-21(19)22-20(14(11-27)12-28)16-6-2-4-8-18(16)24(22)29-23/h1-8H. The average molecular weight is 431 g/mol. The van der Waals surface area contributed by atoms with Gasteiger partial charge in [-0.15, -0.1) is 0 Å².